The van der Waals surface area contributed by atoms with E-state index in [4.69, 9.17) is 10.5 Å². The summed E-state index contributed by atoms with van der Waals surface area (Å²) in [7, 11) is 1.61. The van der Waals surface area contributed by atoms with E-state index in [9.17, 15) is 5.11 Å². The number of aliphatic hydroxyl groups is 1. The number of hydrogen-bond donors (Lipinski definition) is 2. The maximum Gasteiger partial charge on any atom is 0.142 e. The van der Waals surface area contributed by atoms with Crippen molar-refractivity contribution in [3.63, 3.8) is 0 Å². The van der Waals surface area contributed by atoms with E-state index in [0.29, 0.717) is 17.4 Å². The molecule has 2 saturated carbocycles. The molecule has 0 saturated heterocycles. The monoisotopic (exact) mass is 261 g/mol. The molecular weight excluding hydrogens is 238 g/mol. The van der Waals surface area contributed by atoms with Gasteiger partial charge >= 0.3 is 0 Å². The van der Waals surface area contributed by atoms with Crippen molar-refractivity contribution in [2.75, 3.05) is 12.8 Å². The van der Waals surface area contributed by atoms with E-state index in [1.807, 2.05) is 18.2 Å². The highest BCUT2D eigenvalue weighted by Gasteiger charge is 2.40. The lowest BCUT2D eigenvalue weighted by Gasteiger charge is -2.25. The van der Waals surface area contributed by atoms with Crippen LogP contribution in [0.1, 0.15) is 43.8 Å². The summed E-state index contributed by atoms with van der Waals surface area (Å²) in [6.45, 7) is 0. The fourth-order valence-electron chi connectivity index (χ4n) is 4.11. The zero-order chi connectivity index (χ0) is 13.4. The number of fused-ring (bicyclic) bond motifs is 2. The van der Waals surface area contributed by atoms with Crippen LogP contribution in [0.3, 0.4) is 0 Å². The van der Waals surface area contributed by atoms with E-state index >= 15 is 0 Å². The SMILES string of the molecule is COc1cccc(C(O)CC2CC3CCC2C3)c1N. The largest absolute Gasteiger partial charge is 0.495 e. The first-order valence-corrected chi connectivity index (χ1v) is 7.29. The van der Waals surface area contributed by atoms with E-state index in [1.54, 1.807) is 7.11 Å². The van der Waals surface area contributed by atoms with Crippen molar-refractivity contribution in [3.8, 4) is 5.75 Å². The number of rotatable bonds is 4. The average Bonchev–Trinajstić information content (AvgIpc) is 3.01. The molecule has 0 radical (unpaired) electrons. The molecule has 3 rings (SSSR count). The topological polar surface area (TPSA) is 55.5 Å². The summed E-state index contributed by atoms with van der Waals surface area (Å²) in [5.74, 6) is 3.10. The summed E-state index contributed by atoms with van der Waals surface area (Å²) in [5.41, 5.74) is 7.47. The van der Waals surface area contributed by atoms with E-state index < -0.39 is 6.10 Å². The Morgan fingerprint density at radius 1 is 1.37 bits per heavy atom. The zero-order valence-corrected chi connectivity index (χ0v) is 11.5. The van der Waals surface area contributed by atoms with Gasteiger partial charge in [-0.1, -0.05) is 18.6 Å². The van der Waals surface area contributed by atoms with Gasteiger partial charge in [-0.25, -0.2) is 0 Å². The molecular formula is C16H23NO2. The molecule has 1 aromatic carbocycles. The average molecular weight is 261 g/mol. The van der Waals surface area contributed by atoms with Crippen LogP contribution in [0.5, 0.6) is 5.75 Å². The Bertz CT molecular complexity index is 460. The first kappa shape index (κ1) is 12.8. The number of anilines is 1. The Kier molecular flexibility index (Phi) is 3.40. The Hall–Kier alpha value is -1.22. The molecule has 19 heavy (non-hydrogen) atoms. The molecule has 2 aliphatic rings. The van der Waals surface area contributed by atoms with Crippen molar-refractivity contribution < 1.29 is 9.84 Å². The molecule has 2 bridgehead atoms. The van der Waals surface area contributed by atoms with Crippen LogP contribution in [0.2, 0.25) is 0 Å². The third kappa shape index (κ3) is 2.32. The third-order valence-electron chi connectivity index (χ3n) is 5.09. The quantitative estimate of drug-likeness (QED) is 0.819. The maximum atomic E-state index is 10.5. The molecule has 4 unspecified atom stereocenters. The molecule has 3 nitrogen and oxygen atoms in total. The molecule has 104 valence electrons. The van der Waals surface area contributed by atoms with Gasteiger partial charge < -0.3 is 15.6 Å². The van der Waals surface area contributed by atoms with Crippen LogP contribution in [0, 0.1) is 17.8 Å². The molecule has 2 aliphatic carbocycles. The lowest BCUT2D eigenvalue weighted by Crippen LogP contribution is -2.15. The second-order valence-corrected chi connectivity index (χ2v) is 6.15. The van der Waals surface area contributed by atoms with E-state index in [2.05, 4.69) is 0 Å². The van der Waals surface area contributed by atoms with Crippen molar-refractivity contribution in [3.05, 3.63) is 23.8 Å². The Morgan fingerprint density at radius 2 is 2.21 bits per heavy atom. The molecule has 0 aliphatic heterocycles. The summed E-state index contributed by atoms with van der Waals surface area (Å²) < 4.78 is 5.22. The lowest BCUT2D eigenvalue weighted by atomic mass is 9.83. The summed E-state index contributed by atoms with van der Waals surface area (Å²) in [6, 6.07) is 5.65. The van der Waals surface area contributed by atoms with Gasteiger partial charge in [-0.3, -0.25) is 0 Å². The minimum Gasteiger partial charge on any atom is -0.495 e. The second kappa shape index (κ2) is 5.04. The molecule has 0 heterocycles. The van der Waals surface area contributed by atoms with Gasteiger partial charge in [0.1, 0.15) is 5.75 Å². The Balaban J connectivity index is 1.72. The number of methoxy groups -OCH3 is 1. The highest BCUT2D eigenvalue weighted by atomic mass is 16.5. The summed E-state index contributed by atoms with van der Waals surface area (Å²) in [6.07, 6.45) is 5.82. The number of hydrogen-bond acceptors (Lipinski definition) is 3. The number of nitrogen functional groups attached to an aromatic ring is 1. The highest BCUT2D eigenvalue weighted by molar-refractivity contribution is 5.59. The molecule has 2 fully saturated rings. The van der Waals surface area contributed by atoms with Crippen LogP contribution in [-0.4, -0.2) is 12.2 Å². The Morgan fingerprint density at radius 3 is 2.84 bits per heavy atom. The van der Waals surface area contributed by atoms with Gasteiger partial charge in [-0.2, -0.15) is 0 Å². The number of ether oxygens (including phenoxy) is 1. The molecule has 0 spiro atoms. The Labute approximate surface area is 114 Å². The predicted molar refractivity (Wildman–Crippen MR) is 75.9 cm³/mol. The summed E-state index contributed by atoms with van der Waals surface area (Å²) >= 11 is 0. The van der Waals surface area contributed by atoms with Crippen LogP contribution in [0.25, 0.3) is 0 Å². The number of benzene rings is 1. The van der Waals surface area contributed by atoms with Gasteiger partial charge in [-0.15, -0.1) is 0 Å². The van der Waals surface area contributed by atoms with Crippen molar-refractivity contribution in [1.82, 2.24) is 0 Å². The van der Waals surface area contributed by atoms with Gasteiger partial charge in [0.05, 0.1) is 18.9 Å². The van der Waals surface area contributed by atoms with E-state index in [1.165, 1.54) is 25.7 Å². The van der Waals surface area contributed by atoms with Crippen LogP contribution in [0.15, 0.2) is 18.2 Å². The first-order valence-electron chi connectivity index (χ1n) is 7.29. The minimum atomic E-state index is -0.459. The second-order valence-electron chi connectivity index (χ2n) is 6.15. The van der Waals surface area contributed by atoms with Crippen LogP contribution in [-0.2, 0) is 0 Å². The number of para-hydroxylation sites is 1. The van der Waals surface area contributed by atoms with Crippen molar-refractivity contribution in [1.29, 1.82) is 0 Å². The van der Waals surface area contributed by atoms with Crippen molar-refractivity contribution >= 4 is 5.69 Å². The highest BCUT2D eigenvalue weighted by Crippen LogP contribution is 2.51. The van der Waals surface area contributed by atoms with Gasteiger partial charge in [0, 0.05) is 5.56 Å². The van der Waals surface area contributed by atoms with Gasteiger partial charge in [0.2, 0.25) is 0 Å². The first-order chi connectivity index (χ1) is 9.19. The standard InChI is InChI=1S/C16H23NO2/c1-19-15-4-2-3-13(16(15)17)14(18)9-12-8-10-5-6-11(12)7-10/h2-4,10-12,14,18H,5-9,17H2,1H3. The third-order valence-corrected chi connectivity index (χ3v) is 5.09. The van der Waals surface area contributed by atoms with Gasteiger partial charge in [0.25, 0.3) is 0 Å². The summed E-state index contributed by atoms with van der Waals surface area (Å²) in [4.78, 5) is 0. The normalized spacial score (nSPS) is 30.5. The fourth-order valence-corrected chi connectivity index (χ4v) is 4.11. The fraction of sp³-hybridized carbons (Fsp3) is 0.625. The lowest BCUT2D eigenvalue weighted by molar-refractivity contribution is 0.126. The smallest absolute Gasteiger partial charge is 0.142 e. The molecule has 0 amide bonds. The minimum absolute atomic E-state index is 0.459. The summed E-state index contributed by atoms with van der Waals surface area (Å²) in [5, 5.41) is 10.5. The van der Waals surface area contributed by atoms with Crippen molar-refractivity contribution in [2.24, 2.45) is 17.8 Å². The van der Waals surface area contributed by atoms with Crippen LogP contribution < -0.4 is 10.5 Å². The molecule has 0 aromatic heterocycles. The maximum absolute atomic E-state index is 10.5. The molecule has 3 N–H and O–H groups in total. The number of nitrogens with two attached hydrogens (primary N) is 1. The van der Waals surface area contributed by atoms with Gasteiger partial charge in [-0.05, 0) is 49.5 Å². The van der Waals surface area contributed by atoms with Crippen LogP contribution >= 0.6 is 0 Å². The van der Waals surface area contributed by atoms with Crippen LogP contribution in [0.4, 0.5) is 5.69 Å². The van der Waals surface area contributed by atoms with E-state index in [0.717, 1.165) is 23.8 Å². The molecule has 4 atom stereocenters. The van der Waals surface area contributed by atoms with E-state index in [-0.39, 0.29) is 0 Å². The van der Waals surface area contributed by atoms with Gasteiger partial charge in [0.15, 0.2) is 0 Å². The number of aliphatic hydroxyl groups excluding tert-OH is 1. The molecule has 1 aromatic rings. The molecule has 3 heteroatoms. The zero-order valence-electron chi connectivity index (χ0n) is 11.5. The predicted octanol–water partition coefficient (Wildman–Crippen LogP) is 3.14. The van der Waals surface area contributed by atoms with Crippen molar-refractivity contribution in [2.45, 2.75) is 38.2 Å².